The van der Waals surface area contributed by atoms with E-state index in [1.165, 1.54) is 106 Å². The van der Waals surface area contributed by atoms with Gasteiger partial charge in [0.05, 0.1) is 11.4 Å². The Kier molecular flexibility index (Phi) is 9.16. The number of rotatable bonds is 7. The third kappa shape index (κ3) is 6.09. The number of fused-ring (bicyclic) bond motifs is 6. The molecular weight excluding hydrogens is 697 g/mol. The van der Waals surface area contributed by atoms with Crippen LogP contribution in [0.1, 0.15) is 114 Å². The highest BCUT2D eigenvalue weighted by Gasteiger charge is 2.41. The summed E-state index contributed by atoms with van der Waals surface area (Å²) in [6.07, 6.45) is 10.5. The molecule has 0 aromatic heterocycles. The Morgan fingerprint density at radius 3 is 2.21 bits per heavy atom. The molecule has 0 saturated heterocycles. The summed E-state index contributed by atoms with van der Waals surface area (Å²) in [6, 6.07) is 30.2. The van der Waals surface area contributed by atoms with Crippen LogP contribution in [0.15, 0.2) is 125 Å². The zero-order valence-corrected chi connectivity index (χ0v) is 36.2. The third-order valence-electron chi connectivity index (χ3n) is 13.4. The Hall–Kier alpha value is -4.73. The van der Waals surface area contributed by atoms with Gasteiger partial charge < -0.3 is 10.6 Å². The number of aryl methyl sites for hydroxylation is 2. The minimum atomic E-state index is -0.196. The number of benzene rings is 5. The van der Waals surface area contributed by atoms with E-state index in [-0.39, 0.29) is 21.7 Å². The van der Waals surface area contributed by atoms with Gasteiger partial charge in [0.1, 0.15) is 0 Å². The molecule has 1 aliphatic heterocycles. The predicted octanol–water partition coefficient (Wildman–Crippen LogP) is 15.5. The highest BCUT2D eigenvalue weighted by Crippen LogP contribution is 2.59. The van der Waals surface area contributed by atoms with Crippen LogP contribution in [0.25, 0.3) is 22.3 Å². The van der Waals surface area contributed by atoms with Crippen molar-refractivity contribution in [3.05, 3.63) is 154 Å². The van der Waals surface area contributed by atoms with Crippen LogP contribution < -0.4 is 10.6 Å². The largest absolute Gasteiger partial charge is 0.355 e. The van der Waals surface area contributed by atoms with E-state index in [9.17, 15) is 0 Å². The lowest BCUT2D eigenvalue weighted by atomic mass is 9.63. The molecule has 0 radical (unpaired) electrons. The summed E-state index contributed by atoms with van der Waals surface area (Å²) in [5.74, 6) is 0. The summed E-state index contributed by atoms with van der Waals surface area (Å²) in [6.45, 7) is 29.8. The normalized spacial score (nSPS) is 17.3. The summed E-state index contributed by atoms with van der Waals surface area (Å²) in [4.78, 5) is 2.52. The van der Waals surface area contributed by atoms with Crippen LogP contribution in [0.2, 0.25) is 0 Å². The molecular formula is C53H58N2S. The van der Waals surface area contributed by atoms with Crippen LogP contribution in [-0.4, -0.2) is 0 Å². The van der Waals surface area contributed by atoms with Gasteiger partial charge in [0, 0.05) is 43.1 Å². The highest BCUT2D eigenvalue weighted by molar-refractivity contribution is 8.00. The lowest BCUT2D eigenvalue weighted by Gasteiger charge is -2.42. The molecule has 5 aromatic rings. The maximum atomic E-state index is 4.11. The molecule has 0 saturated carbocycles. The molecule has 0 amide bonds. The van der Waals surface area contributed by atoms with Crippen molar-refractivity contribution in [2.75, 3.05) is 10.6 Å². The molecule has 3 aliphatic rings. The number of anilines is 4. The standard InChI is InChI=1S/C53H58N2S/c1-13-14-15-19-34(4)52(9,10)39-22-18-23-45-48(39)55-44-29-32(2)28-37(49(44)56-45)46-42(25-24-36-35-20-16-17-21-38(35)53(11,12)47(36)46)54-43-31-41-40(30-33(43)3)50(5,6)26-27-51(41,7)8/h13-25,28-31,54-55H,1,26-27H2,2-12H3/b15-14-,34-19+. The fourth-order valence-corrected chi connectivity index (χ4v) is 10.8. The van der Waals surface area contributed by atoms with Gasteiger partial charge in [-0.15, -0.1) is 0 Å². The smallest absolute Gasteiger partial charge is 0.0567 e. The average molecular weight is 755 g/mol. The van der Waals surface area contributed by atoms with Gasteiger partial charge in [-0.05, 0) is 119 Å². The predicted molar refractivity (Wildman–Crippen MR) is 244 cm³/mol. The molecule has 2 nitrogen and oxygen atoms in total. The van der Waals surface area contributed by atoms with Crippen molar-refractivity contribution >= 4 is 34.5 Å². The summed E-state index contributed by atoms with van der Waals surface area (Å²) >= 11 is 1.90. The minimum absolute atomic E-state index is 0.120. The van der Waals surface area contributed by atoms with E-state index in [2.05, 4.69) is 184 Å². The van der Waals surface area contributed by atoms with E-state index in [4.69, 9.17) is 0 Å². The van der Waals surface area contributed by atoms with Gasteiger partial charge in [-0.1, -0.05) is 158 Å². The van der Waals surface area contributed by atoms with Gasteiger partial charge >= 0.3 is 0 Å². The van der Waals surface area contributed by atoms with Crippen molar-refractivity contribution in [2.45, 2.75) is 120 Å². The SMILES string of the molecule is C=C/C=C\C=C(/C)C(C)(C)c1cccc2c1Nc1cc(C)cc(-c3c(Nc4cc5c(cc4C)C(C)(C)CCC5(C)C)ccc4c3C(C)(C)c3ccccc3-4)c1S2. The number of hydrogen-bond donors (Lipinski definition) is 2. The first-order valence-electron chi connectivity index (χ1n) is 20.4. The van der Waals surface area contributed by atoms with Crippen LogP contribution in [0.4, 0.5) is 22.7 Å². The molecule has 56 heavy (non-hydrogen) atoms. The first kappa shape index (κ1) is 38.2. The molecule has 0 bridgehead atoms. The Balaban J connectivity index is 1.33. The second kappa shape index (κ2) is 13.4. The van der Waals surface area contributed by atoms with Crippen LogP contribution in [0, 0.1) is 13.8 Å². The van der Waals surface area contributed by atoms with E-state index in [0.29, 0.717) is 0 Å². The van der Waals surface area contributed by atoms with Crippen molar-refractivity contribution in [2.24, 2.45) is 0 Å². The first-order valence-corrected chi connectivity index (χ1v) is 21.2. The first-order chi connectivity index (χ1) is 26.5. The van der Waals surface area contributed by atoms with Crippen LogP contribution >= 0.6 is 11.8 Å². The van der Waals surface area contributed by atoms with Gasteiger partial charge in [-0.25, -0.2) is 0 Å². The molecule has 5 aromatic carbocycles. The fourth-order valence-electron chi connectivity index (χ4n) is 9.63. The van der Waals surface area contributed by atoms with E-state index in [0.717, 1.165) is 5.69 Å². The average Bonchev–Trinajstić information content (AvgIpc) is 3.38. The van der Waals surface area contributed by atoms with Gasteiger partial charge in [0.25, 0.3) is 0 Å². The van der Waals surface area contributed by atoms with E-state index < -0.39 is 0 Å². The molecule has 0 fully saturated rings. The van der Waals surface area contributed by atoms with Crippen molar-refractivity contribution < 1.29 is 0 Å². The summed E-state index contributed by atoms with van der Waals surface area (Å²) < 4.78 is 0. The number of allylic oxidation sites excluding steroid dienone is 5. The van der Waals surface area contributed by atoms with Crippen molar-refractivity contribution in [1.29, 1.82) is 0 Å². The Labute approximate surface area is 340 Å². The zero-order valence-electron chi connectivity index (χ0n) is 35.3. The molecule has 0 atom stereocenters. The van der Waals surface area contributed by atoms with Gasteiger partial charge in [0.15, 0.2) is 0 Å². The monoisotopic (exact) mass is 754 g/mol. The Bertz CT molecular complexity index is 2500. The third-order valence-corrected chi connectivity index (χ3v) is 14.6. The van der Waals surface area contributed by atoms with Gasteiger partial charge in [-0.3, -0.25) is 0 Å². The maximum Gasteiger partial charge on any atom is 0.0567 e. The van der Waals surface area contributed by atoms with Gasteiger partial charge in [0.2, 0.25) is 0 Å². The van der Waals surface area contributed by atoms with E-state index in [1.54, 1.807) is 0 Å². The van der Waals surface area contributed by atoms with Crippen molar-refractivity contribution in [3.8, 4) is 22.3 Å². The quantitative estimate of drug-likeness (QED) is 0.159. The Morgan fingerprint density at radius 2 is 1.48 bits per heavy atom. The summed E-state index contributed by atoms with van der Waals surface area (Å²) in [5.41, 5.74) is 20.7. The van der Waals surface area contributed by atoms with Crippen LogP contribution in [0.3, 0.4) is 0 Å². The zero-order chi connectivity index (χ0) is 39.9. The maximum absolute atomic E-state index is 4.11. The molecule has 2 N–H and O–H groups in total. The van der Waals surface area contributed by atoms with E-state index >= 15 is 0 Å². The van der Waals surface area contributed by atoms with Crippen LogP contribution in [-0.2, 0) is 21.7 Å². The molecule has 0 unspecified atom stereocenters. The van der Waals surface area contributed by atoms with Crippen LogP contribution in [0.5, 0.6) is 0 Å². The summed E-state index contributed by atoms with van der Waals surface area (Å²) in [5, 5.41) is 8.13. The lowest BCUT2D eigenvalue weighted by Crippen LogP contribution is -2.34. The fraction of sp³-hybridized carbons (Fsp3) is 0.321. The van der Waals surface area contributed by atoms with Gasteiger partial charge in [-0.2, -0.15) is 0 Å². The second-order valence-electron chi connectivity index (χ2n) is 18.9. The molecule has 8 rings (SSSR count). The molecule has 1 heterocycles. The number of hydrogen-bond acceptors (Lipinski definition) is 3. The second-order valence-corrected chi connectivity index (χ2v) is 19.9. The minimum Gasteiger partial charge on any atom is -0.355 e. The lowest BCUT2D eigenvalue weighted by molar-refractivity contribution is 0.332. The highest BCUT2D eigenvalue weighted by atomic mass is 32.2. The van der Waals surface area contributed by atoms with Crippen molar-refractivity contribution in [1.82, 2.24) is 0 Å². The molecule has 3 heteroatoms. The molecule has 0 spiro atoms. The topological polar surface area (TPSA) is 24.1 Å². The number of nitrogens with one attached hydrogen (secondary N) is 2. The Morgan fingerprint density at radius 1 is 0.768 bits per heavy atom. The summed E-state index contributed by atoms with van der Waals surface area (Å²) in [7, 11) is 0. The molecule has 2 aliphatic carbocycles. The van der Waals surface area contributed by atoms with E-state index in [1.807, 2.05) is 23.9 Å². The number of para-hydroxylation sites is 1. The molecule has 286 valence electrons. The van der Waals surface area contributed by atoms with Crippen molar-refractivity contribution in [3.63, 3.8) is 0 Å².